The fourth-order valence-electron chi connectivity index (χ4n) is 1.86. The van der Waals surface area contributed by atoms with Gasteiger partial charge in [0.05, 0.1) is 0 Å². The summed E-state index contributed by atoms with van der Waals surface area (Å²) in [5.41, 5.74) is 0.243. The fraction of sp³-hybridized carbons (Fsp3) is 0.562. The van der Waals surface area contributed by atoms with E-state index in [4.69, 9.17) is 4.74 Å². The van der Waals surface area contributed by atoms with Crippen LogP contribution < -0.4 is 10.1 Å². The largest absolute Gasteiger partial charge is 0.491 e. The highest BCUT2D eigenvalue weighted by Gasteiger charge is 2.33. The average molecular weight is 279 g/mol. The normalized spacial score (nSPS) is 14.7. The first kappa shape index (κ1) is 16.5. The summed E-state index contributed by atoms with van der Waals surface area (Å²) in [7, 11) is 0. The van der Waals surface area contributed by atoms with E-state index in [0.717, 1.165) is 0 Å². The van der Waals surface area contributed by atoms with Crippen molar-refractivity contribution in [1.29, 1.82) is 0 Å². The van der Waals surface area contributed by atoms with E-state index in [2.05, 4.69) is 26.1 Å². The van der Waals surface area contributed by atoms with Gasteiger partial charge < -0.3 is 9.84 Å². The molecule has 20 heavy (non-hydrogen) atoms. The summed E-state index contributed by atoms with van der Waals surface area (Å²) in [6.45, 7) is 10.6. The fourth-order valence-corrected chi connectivity index (χ4v) is 1.86. The van der Waals surface area contributed by atoms with Crippen molar-refractivity contribution in [2.45, 2.75) is 45.6 Å². The smallest absolute Gasteiger partial charge is 0.327 e. The lowest BCUT2D eigenvalue weighted by Crippen LogP contribution is -2.53. The standard InChI is InChI=1S/C16H25NO3/c1-6-17-16(5,14(18)19)11-20-13-9-7-12(8-10-13)15(2,3)4/h7-10,17H,6,11H2,1-5H3,(H,18,19). The molecular weight excluding hydrogens is 254 g/mol. The van der Waals surface area contributed by atoms with Crippen LogP contribution in [0.5, 0.6) is 5.75 Å². The molecule has 0 spiro atoms. The Morgan fingerprint density at radius 1 is 1.20 bits per heavy atom. The molecule has 0 aliphatic rings. The van der Waals surface area contributed by atoms with Crippen LogP contribution in [-0.4, -0.2) is 29.8 Å². The number of benzene rings is 1. The minimum Gasteiger partial charge on any atom is -0.491 e. The van der Waals surface area contributed by atoms with Crippen LogP contribution in [0.2, 0.25) is 0 Å². The Bertz CT molecular complexity index is 448. The minimum atomic E-state index is -1.07. The van der Waals surface area contributed by atoms with Gasteiger partial charge in [0.15, 0.2) is 0 Å². The average Bonchev–Trinajstić information content (AvgIpc) is 2.36. The van der Waals surface area contributed by atoms with Crippen LogP contribution in [0.15, 0.2) is 24.3 Å². The van der Waals surface area contributed by atoms with Crippen molar-refractivity contribution in [3.05, 3.63) is 29.8 Å². The number of hydrogen-bond acceptors (Lipinski definition) is 3. The van der Waals surface area contributed by atoms with E-state index >= 15 is 0 Å². The number of carboxylic acids is 1. The summed E-state index contributed by atoms with van der Waals surface area (Å²) in [5.74, 6) is -0.228. The first-order chi connectivity index (χ1) is 9.19. The number of aliphatic carboxylic acids is 1. The Balaban J connectivity index is 2.72. The lowest BCUT2D eigenvalue weighted by molar-refractivity contribution is -0.145. The summed E-state index contributed by atoms with van der Waals surface area (Å²) in [6, 6.07) is 7.80. The highest BCUT2D eigenvalue weighted by Crippen LogP contribution is 2.24. The molecule has 0 radical (unpaired) electrons. The number of hydrogen-bond donors (Lipinski definition) is 2. The van der Waals surface area contributed by atoms with E-state index in [1.54, 1.807) is 6.92 Å². The van der Waals surface area contributed by atoms with Gasteiger partial charge in [0.25, 0.3) is 0 Å². The number of likely N-dealkylation sites (N-methyl/N-ethyl adjacent to an activating group) is 1. The number of carboxylic acid groups (broad SMARTS) is 1. The minimum absolute atomic E-state index is 0.0883. The first-order valence-electron chi connectivity index (χ1n) is 6.91. The van der Waals surface area contributed by atoms with Crippen LogP contribution in [-0.2, 0) is 10.2 Å². The molecule has 0 saturated heterocycles. The quantitative estimate of drug-likeness (QED) is 0.840. The van der Waals surface area contributed by atoms with Gasteiger partial charge in [-0.1, -0.05) is 39.8 Å². The van der Waals surface area contributed by atoms with Crippen LogP contribution >= 0.6 is 0 Å². The third kappa shape index (κ3) is 4.23. The van der Waals surface area contributed by atoms with Crippen molar-refractivity contribution < 1.29 is 14.6 Å². The molecule has 112 valence electrons. The predicted octanol–water partition coefficient (Wildman–Crippen LogP) is 2.82. The van der Waals surface area contributed by atoms with Gasteiger partial charge in [-0.25, -0.2) is 0 Å². The zero-order valence-electron chi connectivity index (χ0n) is 13.0. The van der Waals surface area contributed by atoms with Crippen molar-refractivity contribution in [3.8, 4) is 5.75 Å². The van der Waals surface area contributed by atoms with Gasteiger partial charge in [-0.2, -0.15) is 0 Å². The lowest BCUT2D eigenvalue weighted by atomic mass is 9.87. The molecule has 1 unspecified atom stereocenters. The first-order valence-corrected chi connectivity index (χ1v) is 6.91. The summed E-state index contributed by atoms with van der Waals surface area (Å²) >= 11 is 0. The maximum atomic E-state index is 11.3. The van der Waals surface area contributed by atoms with Gasteiger partial charge in [0, 0.05) is 0 Å². The van der Waals surface area contributed by atoms with Gasteiger partial charge in [-0.05, 0) is 36.6 Å². The van der Waals surface area contributed by atoms with Crippen LogP contribution in [0.3, 0.4) is 0 Å². The molecule has 4 heteroatoms. The second-order valence-electron chi connectivity index (χ2n) is 6.23. The van der Waals surface area contributed by atoms with E-state index < -0.39 is 11.5 Å². The Morgan fingerprint density at radius 2 is 1.75 bits per heavy atom. The molecule has 4 nitrogen and oxygen atoms in total. The molecule has 1 rings (SSSR count). The highest BCUT2D eigenvalue weighted by atomic mass is 16.5. The van der Waals surface area contributed by atoms with Crippen molar-refractivity contribution in [2.75, 3.05) is 13.2 Å². The van der Waals surface area contributed by atoms with E-state index in [9.17, 15) is 9.90 Å². The molecule has 0 amide bonds. The Morgan fingerprint density at radius 3 is 2.15 bits per heavy atom. The van der Waals surface area contributed by atoms with Crippen molar-refractivity contribution in [2.24, 2.45) is 0 Å². The van der Waals surface area contributed by atoms with Crippen molar-refractivity contribution in [1.82, 2.24) is 5.32 Å². The molecule has 0 aliphatic heterocycles. The van der Waals surface area contributed by atoms with E-state index in [-0.39, 0.29) is 12.0 Å². The number of ether oxygens (including phenoxy) is 1. The Labute approximate surface area is 121 Å². The van der Waals surface area contributed by atoms with Crippen molar-refractivity contribution in [3.63, 3.8) is 0 Å². The van der Waals surface area contributed by atoms with E-state index in [1.165, 1.54) is 5.56 Å². The van der Waals surface area contributed by atoms with E-state index in [0.29, 0.717) is 12.3 Å². The number of carbonyl (C=O) groups is 1. The van der Waals surface area contributed by atoms with Gasteiger partial charge in [-0.15, -0.1) is 0 Å². The van der Waals surface area contributed by atoms with Crippen molar-refractivity contribution >= 4 is 5.97 Å². The predicted molar refractivity (Wildman–Crippen MR) is 80.4 cm³/mol. The maximum absolute atomic E-state index is 11.3. The Hall–Kier alpha value is -1.55. The third-order valence-corrected chi connectivity index (χ3v) is 3.29. The third-order valence-electron chi connectivity index (χ3n) is 3.29. The zero-order valence-corrected chi connectivity index (χ0v) is 13.0. The number of nitrogens with one attached hydrogen (secondary N) is 1. The van der Waals surface area contributed by atoms with Crippen LogP contribution in [0.1, 0.15) is 40.2 Å². The van der Waals surface area contributed by atoms with Gasteiger partial charge >= 0.3 is 5.97 Å². The summed E-state index contributed by atoms with van der Waals surface area (Å²) < 4.78 is 5.61. The van der Waals surface area contributed by atoms with Gasteiger partial charge in [0.2, 0.25) is 0 Å². The number of rotatable bonds is 6. The maximum Gasteiger partial charge on any atom is 0.327 e. The Kier molecular flexibility index (Phi) is 5.17. The van der Waals surface area contributed by atoms with Crippen LogP contribution in [0, 0.1) is 0 Å². The molecular formula is C16H25NO3. The molecule has 2 N–H and O–H groups in total. The van der Waals surface area contributed by atoms with Crippen LogP contribution in [0.25, 0.3) is 0 Å². The van der Waals surface area contributed by atoms with Gasteiger partial charge in [0.1, 0.15) is 17.9 Å². The van der Waals surface area contributed by atoms with Gasteiger partial charge in [-0.3, -0.25) is 10.1 Å². The molecule has 1 aromatic rings. The molecule has 0 aromatic heterocycles. The molecule has 0 bridgehead atoms. The molecule has 0 heterocycles. The summed E-state index contributed by atoms with van der Waals surface area (Å²) in [5, 5.41) is 12.2. The molecule has 1 atom stereocenters. The molecule has 0 aliphatic carbocycles. The van der Waals surface area contributed by atoms with E-state index in [1.807, 2.05) is 31.2 Å². The summed E-state index contributed by atoms with van der Waals surface area (Å²) in [6.07, 6.45) is 0. The van der Waals surface area contributed by atoms with Crippen LogP contribution in [0.4, 0.5) is 0 Å². The second kappa shape index (κ2) is 6.27. The highest BCUT2D eigenvalue weighted by molar-refractivity contribution is 5.78. The summed E-state index contributed by atoms with van der Waals surface area (Å²) in [4.78, 5) is 11.3. The monoisotopic (exact) mass is 279 g/mol. The SMILES string of the molecule is CCNC(C)(COc1ccc(C(C)(C)C)cc1)C(=O)O. The molecule has 1 aromatic carbocycles. The second-order valence-corrected chi connectivity index (χ2v) is 6.23. The molecule has 0 fully saturated rings. The molecule has 0 saturated carbocycles. The topological polar surface area (TPSA) is 58.6 Å². The zero-order chi connectivity index (χ0) is 15.4. The lowest BCUT2D eigenvalue weighted by Gasteiger charge is -2.26.